The van der Waals surface area contributed by atoms with Crippen molar-refractivity contribution in [2.24, 2.45) is 0 Å². The van der Waals surface area contributed by atoms with Crippen LogP contribution in [0.25, 0.3) is 11.0 Å². The summed E-state index contributed by atoms with van der Waals surface area (Å²) in [5.41, 5.74) is 1.39. The third kappa shape index (κ3) is 3.47. The van der Waals surface area contributed by atoms with Crippen LogP contribution >= 0.6 is 11.6 Å². The Hall–Kier alpha value is -2.51. The van der Waals surface area contributed by atoms with E-state index in [0.717, 1.165) is 5.69 Å². The Labute approximate surface area is 150 Å². The number of carbonyl (C=O) groups excluding carboxylic acids is 1. The predicted octanol–water partition coefficient (Wildman–Crippen LogP) is 3.27. The summed E-state index contributed by atoms with van der Waals surface area (Å²) < 4.78 is 32.1. The Morgan fingerprint density at radius 1 is 1.12 bits per heavy atom. The molecule has 0 saturated heterocycles. The van der Waals surface area contributed by atoms with Gasteiger partial charge < -0.3 is 9.32 Å². The highest BCUT2D eigenvalue weighted by Crippen LogP contribution is 2.25. The van der Waals surface area contributed by atoms with Crippen molar-refractivity contribution in [2.75, 3.05) is 19.0 Å². The van der Waals surface area contributed by atoms with Gasteiger partial charge in [-0.05, 0) is 30.3 Å². The lowest BCUT2D eigenvalue weighted by Gasteiger charge is -2.11. The van der Waals surface area contributed by atoms with E-state index >= 15 is 0 Å². The Balaban J connectivity index is 1.91. The van der Waals surface area contributed by atoms with E-state index in [9.17, 15) is 13.2 Å². The van der Waals surface area contributed by atoms with Gasteiger partial charge in [0.25, 0.3) is 10.0 Å². The fraction of sp³-hybridized carbons (Fsp3) is 0.118. The van der Waals surface area contributed by atoms with Gasteiger partial charge in [0.2, 0.25) is 0 Å². The van der Waals surface area contributed by atoms with Gasteiger partial charge in [-0.25, -0.2) is 13.1 Å². The van der Waals surface area contributed by atoms with E-state index in [1.807, 2.05) is 29.8 Å². The van der Waals surface area contributed by atoms with E-state index in [2.05, 4.69) is 0 Å². The predicted molar refractivity (Wildman–Crippen MR) is 96.6 cm³/mol. The van der Waals surface area contributed by atoms with Crippen molar-refractivity contribution >= 4 is 44.2 Å². The number of nitrogens with zero attached hydrogens (tertiary/aromatic N) is 1. The molecule has 1 heterocycles. The quantitative estimate of drug-likeness (QED) is 0.753. The number of rotatable bonds is 4. The highest BCUT2D eigenvalue weighted by atomic mass is 35.5. The van der Waals surface area contributed by atoms with Gasteiger partial charge in [0.15, 0.2) is 5.76 Å². The summed E-state index contributed by atoms with van der Waals surface area (Å²) in [6.07, 6.45) is 0. The molecule has 0 radical (unpaired) electrons. The standard InChI is InChI=1S/C17H15ClN2O4S/c1-20(2)12-8-7-11-9-15(24-14(11)10-12)17(21)19-25(22,23)16-6-4-3-5-13(16)18/h3-10H,1-2H3,(H,19,21). The lowest BCUT2D eigenvalue weighted by atomic mass is 10.2. The summed E-state index contributed by atoms with van der Waals surface area (Å²) in [7, 11) is -0.331. The number of sulfonamides is 1. The van der Waals surface area contributed by atoms with E-state index in [4.69, 9.17) is 16.0 Å². The molecule has 0 bridgehead atoms. The monoisotopic (exact) mass is 378 g/mol. The SMILES string of the molecule is CN(C)c1ccc2cc(C(=O)NS(=O)(=O)c3ccccc3Cl)oc2c1. The van der Waals surface area contributed by atoms with Crippen molar-refractivity contribution in [1.29, 1.82) is 0 Å². The fourth-order valence-corrected chi connectivity index (χ4v) is 3.78. The van der Waals surface area contributed by atoms with Crippen LogP contribution in [-0.4, -0.2) is 28.4 Å². The average molecular weight is 379 g/mol. The molecule has 3 rings (SSSR count). The summed E-state index contributed by atoms with van der Waals surface area (Å²) in [4.78, 5) is 14.0. The van der Waals surface area contributed by atoms with Gasteiger partial charge >= 0.3 is 5.91 Å². The fourth-order valence-electron chi connectivity index (χ4n) is 2.30. The molecule has 1 amide bonds. The van der Waals surface area contributed by atoms with Gasteiger partial charge in [-0.15, -0.1) is 0 Å². The smallest absolute Gasteiger partial charge is 0.300 e. The second-order valence-electron chi connectivity index (χ2n) is 5.59. The van der Waals surface area contributed by atoms with Crippen LogP contribution < -0.4 is 9.62 Å². The number of carbonyl (C=O) groups is 1. The number of hydrogen-bond acceptors (Lipinski definition) is 5. The summed E-state index contributed by atoms with van der Waals surface area (Å²) in [6.45, 7) is 0. The Morgan fingerprint density at radius 3 is 2.52 bits per heavy atom. The molecular weight excluding hydrogens is 364 g/mol. The first-order valence-corrected chi connectivity index (χ1v) is 9.16. The largest absolute Gasteiger partial charge is 0.451 e. The molecule has 0 aliphatic heterocycles. The highest BCUT2D eigenvalue weighted by molar-refractivity contribution is 7.90. The summed E-state index contributed by atoms with van der Waals surface area (Å²) in [5, 5.41) is 0.730. The third-order valence-electron chi connectivity index (χ3n) is 3.60. The minimum absolute atomic E-state index is 0.0306. The number of benzene rings is 2. The number of halogens is 1. The van der Waals surface area contributed by atoms with E-state index < -0.39 is 15.9 Å². The maximum atomic E-state index is 12.3. The minimum atomic E-state index is -4.10. The number of amides is 1. The van der Waals surface area contributed by atoms with Crippen LogP contribution in [0.1, 0.15) is 10.6 Å². The van der Waals surface area contributed by atoms with E-state index in [1.54, 1.807) is 18.2 Å². The Kier molecular flexibility index (Phi) is 4.45. The molecule has 25 heavy (non-hydrogen) atoms. The van der Waals surface area contributed by atoms with Crippen molar-refractivity contribution in [3.8, 4) is 0 Å². The van der Waals surface area contributed by atoms with Crippen molar-refractivity contribution < 1.29 is 17.6 Å². The number of fused-ring (bicyclic) bond motifs is 1. The molecule has 2 aromatic carbocycles. The maximum Gasteiger partial charge on any atom is 0.300 e. The first-order chi connectivity index (χ1) is 11.8. The summed E-state index contributed by atoms with van der Waals surface area (Å²) in [6, 6.07) is 12.8. The zero-order valence-electron chi connectivity index (χ0n) is 13.5. The number of furan rings is 1. The molecule has 0 fully saturated rings. The van der Waals surface area contributed by atoms with Crippen molar-refractivity contribution in [3.63, 3.8) is 0 Å². The molecule has 1 N–H and O–H groups in total. The van der Waals surface area contributed by atoms with Gasteiger partial charge in [-0.2, -0.15) is 0 Å². The van der Waals surface area contributed by atoms with Crippen LogP contribution in [0.4, 0.5) is 5.69 Å². The van der Waals surface area contributed by atoms with Crippen molar-refractivity contribution in [3.05, 3.63) is 59.3 Å². The molecule has 0 saturated carbocycles. The van der Waals surface area contributed by atoms with Gasteiger partial charge in [0.05, 0.1) is 5.02 Å². The second kappa shape index (κ2) is 6.42. The lowest BCUT2D eigenvalue weighted by Crippen LogP contribution is -2.30. The number of hydrogen-bond donors (Lipinski definition) is 1. The minimum Gasteiger partial charge on any atom is -0.451 e. The van der Waals surface area contributed by atoms with Crippen LogP contribution in [0.15, 0.2) is 57.8 Å². The molecule has 6 nitrogen and oxygen atoms in total. The third-order valence-corrected chi connectivity index (χ3v) is 5.43. The summed E-state index contributed by atoms with van der Waals surface area (Å²) >= 11 is 5.89. The van der Waals surface area contributed by atoms with Crippen LogP contribution in [0, 0.1) is 0 Å². The van der Waals surface area contributed by atoms with Crippen LogP contribution in [0.5, 0.6) is 0 Å². The van der Waals surface area contributed by atoms with Crippen LogP contribution in [-0.2, 0) is 10.0 Å². The second-order valence-corrected chi connectivity index (χ2v) is 7.65. The normalized spacial score (nSPS) is 11.5. The Bertz CT molecular complexity index is 1060. The lowest BCUT2D eigenvalue weighted by molar-refractivity contribution is 0.0956. The number of nitrogens with one attached hydrogen (secondary N) is 1. The number of anilines is 1. The first-order valence-electron chi connectivity index (χ1n) is 7.30. The molecule has 0 aliphatic rings. The topological polar surface area (TPSA) is 79.6 Å². The maximum absolute atomic E-state index is 12.3. The summed E-state index contributed by atoms with van der Waals surface area (Å²) in [5.74, 6) is -0.955. The molecule has 130 valence electrons. The van der Waals surface area contributed by atoms with E-state index in [0.29, 0.717) is 11.0 Å². The molecule has 0 unspecified atom stereocenters. The van der Waals surface area contributed by atoms with E-state index in [1.165, 1.54) is 24.3 Å². The van der Waals surface area contributed by atoms with E-state index in [-0.39, 0.29) is 15.7 Å². The Morgan fingerprint density at radius 2 is 1.84 bits per heavy atom. The molecule has 0 atom stereocenters. The molecular formula is C17H15ClN2O4S. The van der Waals surface area contributed by atoms with Gasteiger partial charge in [-0.1, -0.05) is 23.7 Å². The van der Waals surface area contributed by atoms with Gasteiger partial charge in [-0.3, -0.25) is 4.79 Å². The first kappa shape index (κ1) is 17.3. The molecule has 0 spiro atoms. The van der Waals surface area contributed by atoms with Gasteiger partial charge in [0, 0.05) is 31.2 Å². The molecule has 0 aliphatic carbocycles. The van der Waals surface area contributed by atoms with Crippen molar-refractivity contribution in [2.45, 2.75) is 4.90 Å². The molecule has 8 heteroatoms. The molecule has 3 aromatic rings. The van der Waals surface area contributed by atoms with Crippen LogP contribution in [0.3, 0.4) is 0 Å². The molecule has 1 aromatic heterocycles. The van der Waals surface area contributed by atoms with Gasteiger partial charge in [0.1, 0.15) is 10.5 Å². The highest BCUT2D eigenvalue weighted by Gasteiger charge is 2.23. The van der Waals surface area contributed by atoms with Crippen molar-refractivity contribution in [1.82, 2.24) is 4.72 Å². The zero-order valence-corrected chi connectivity index (χ0v) is 15.1. The van der Waals surface area contributed by atoms with Crippen LogP contribution in [0.2, 0.25) is 5.02 Å². The average Bonchev–Trinajstić information content (AvgIpc) is 2.97. The zero-order chi connectivity index (χ0) is 18.2.